The van der Waals surface area contributed by atoms with Gasteiger partial charge in [-0.15, -0.1) is 0 Å². The quantitative estimate of drug-likeness (QED) is 0.450. The molecule has 1 aliphatic heterocycles. The predicted molar refractivity (Wildman–Crippen MR) is 125 cm³/mol. The monoisotopic (exact) mass is 436 g/mol. The van der Waals surface area contributed by atoms with Crippen molar-refractivity contribution in [2.75, 3.05) is 5.32 Å². The first-order valence-corrected chi connectivity index (χ1v) is 10.5. The van der Waals surface area contributed by atoms with Crippen molar-refractivity contribution in [2.24, 2.45) is 0 Å². The number of hydrogen-bond donors (Lipinski definition) is 2. The summed E-state index contributed by atoms with van der Waals surface area (Å²) in [5.74, 6) is 0.879. The molecule has 2 aromatic carbocycles. The highest BCUT2D eigenvalue weighted by atomic mass is 16.3. The molecule has 1 aliphatic rings. The van der Waals surface area contributed by atoms with Crippen molar-refractivity contribution in [3.05, 3.63) is 101 Å². The second kappa shape index (κ2) is 8.55. The van der Waals surface area contributed by atoms with Crippen LogP contribution in [0.5, 0.6) is 0 Å². The first-order valence-electron chi connectivity index (χ1n) is 10.5. The average Bonchev–Trinajstić information content (AvgIpc) is 3.43. The van der Waals surface area contributed by atoms with Crippen LogP contribution in [0.25, 0.3) is 23.0 Å². The van der Waals surface area contributed by atoms with Crippen LogP contribution in [-0.4, -0.2) is 21.8 Å². The van der Waals surface area contributed by atoms with Crippen LogP contribution >= 0.6 is 0 Å². The van der Waals surface area contributed by atoms with Crippen LogP contribution in [0.1, 0.15) is 33.1 Å². The Bertz CT molecular complexity index is 1370. The summed E-state index contributed by atoms with van der Waals surface area (Å²) in [6.45, 7) is 2.17. The zero-order valence-electron chi connectivity index (χ0n) is 17.8. The minimum absolute atomic E-state index is 0.152. The molecular weight excluding hydrogens is 416 g/mol. The molecule has 2 amide bonds. The van der Waals surface area contributed by atoms with Crippen LogP contribution in [0.2, 0.25) is 0 Å². The number of hydrogen-bond acceptors (Lipinski definition) is 5. The molecule has 7 nitrogen and oxygen atoms in total. The van der Waals surface area contributed by atoms with E-state index in [1.807, 2.05) is 55.5 Å². The van der Waals surface area contributed by atoms with E-state index >= 15 is 0 Å². The second-order valence-corrected chi connectivity index (χ2v) is 7.67. The highest BCUT2D eigenvalue weighted by Crippen LogP contribution is 2.33. The lowest BCUT2D eigenvalue weighted by molar-refractivity contribution is -0.110. The third-order valence-electron chi connectivity index (χ3n) is 5.32. The Hall–Kier alpha value is -4.52. The second-order valence-electron chi connectivity index (χ2n) is 7.67. The number of aryl methyl sites for hydroxylation is 1. The SMILES string of the molecule is Cc1cnc(CNC(=O)c2ccc(-c3ccc(C=C4C(=O)Nc5ccccc54)o3)cc2)cn1. The van der Waals surface area contributed by atoms with Gasteiger partial charge in [0.05, 0.1) is 29.7 Å². The Morgan fingerprint density at radius 2 is 1.85 bits per heavy atom. The van der Waals surface area contributed by atoms with Gasteiger partial charge in [0.1, 0.15) is 11.5 Å². The Balaban J connectivity index is 1.28. The van der Waals surface area contributed by atoms with Gasteiger partial charge in [-0.3, -0.25) is 19.6 Å². The maximum atomic E-state index is 12.4. The van der Waals surface area contributed by atoms with E-state index in [0.717, 1.165) is 22.5 Å². The molecule has 0 unspecified atom stereocenters. The van der Waals surface area contributed by atoms with Gasteiger partial charge in [-0.1, -0.05) is 30.3 Å². The minimum atomic E-state index is -0.195. The van der Waals surface area contributed by atoms with E-state index in [9.17, 15) is 9.59 Å². The van der Waals surface area contributed by atoms with E-state index in [1.165, 1.54) is 0 Å². The fraction of sp³-hybridized carbons (Fsp3) is 0.0769. The molecule has 33 heavy (non-hydrogen) atoms. The van der Waals surface area contributed by atoms with Gasteiger partial charge in [-0.25, -0.2) is 0 Å². The van der Waals surface area contributed by atoms with Crippen molar-refractivity contribution in [1.29, 1.82) is 0 Å². The summed E-state index contributed by atoms with van der Waals surface area (Å²) in [6, 6.07) is 18.4. The van der Waals surface area contributed by atoms with Gasteiger partial charge in [-0.05, 0) is 43.3 Å². The summed E-state index contributed by atoms with van der Waals surface area (Å²) in [5.41, 5.74) is 5.10. The van der Waals surface area contributed by atoms with Crippen molar-refractivity contribution in [2.45, 2.75) is 13.5 Å². The summed E-state index contributed by atoms with van der Waals surface area (Å²) >= 11 is 0. The number of nitrogens with one attached hydrogen (secondary N) is 2. The van der Waals surface area contributed by atoms with E-state index in [2.05, 4.69) is 20.6 Å². The van der Waals surface area contributed by atoms with Crippen molar-refractivity contribution in [3.8, 4) is 11.3 Å². The van der Waals surface area contributed by atoms with Gasteiger partial charge in [-0.2, -0.15) is 0 Å². The topological polar surface area (TPSA) is 97.1 Å². The molecule has 0 fully saturated rings. The summed E-state index contributed by atoms with van der Waals surface area (Å²) < 4.78 is 5.94. The lowest BCUT2D eigenvalue weighted by atomic mass is 10.1. The predicted octanol–water partition coefficient (Wildman–Crippen LogP) is 4.47. The molecule has 2 aromatic heterocycles. The number of fused-ring (bicyclic) bond motifs is 1. The Labute approximate surface area is 190 Å². The third kappa shape index (κ3) is 4.29. The number of anilines is 1. The Morgan fingerprint density at radius 1 is 1.03 bits per heavy atom. The summed E-state index contributed by atoms with van der Waals surface area (Å²) in [5, 5.41) is 5.69. The molecular formula is C26H20N4O3. The molecule has 0 saturated heterocycles. The minimum Gasteiger partial charge on any atom is -0.457 e. The normalized spacial score (nSPS) is 13.6. The number of carbonyl (C=O) groups excluding carboxylic acids is 2. The van der Waals surface area contributed by atoms with Crippen molar-refractivity contribution >= 4 is 29.2 Å². The fourth-order valence-corrected chi connectivity index (χ4v) is 3.58. The summed E-state index contributed by atoms with van der Waals surface area (Å²) in [6.07, 6.45) is 5.05. The maximum Gasteiger partial charge on any atom is 0.256 e. The molecule has 162 valence electrons. The molecule has 0 spiro atoms. The molecule has 3 heterocycles. The molecule has 0 radical (unpaired) electrons. The number of nitrogens with zero attached hydrogens (tertiary/aromatic N) is 2. The van der Waals surface area contributed by atoms with Crippen LogP contribution < -0.4 is 10.6 Å². The lowest BCUT2D eigenvalue weighted by Gasteiger charge is -2.05. The van der Waals surface area contributed by atoms with E-state index in [4.69, 9.17) is 4.42 Å². The zero-order chi connectivity index (χ0) is 22.8. The smallest absolute Gasteiger partial charge is 0.256 e. The molecule has 4 aromatic rings. The van der Waals surface area contributed by atoms with Crippen LogP contribution in [0.3, 0.4) is 0 Å². The van der Waals surface area contributed by atoms with E-state index < -0.39 is 0 Å². The van der Waals surface area contributed by atoms with Gasteiger partial charge in [0, 0.05) is 28.6 Å². The number of rotatable bonds is 5. The van der Waals surface area contributed by atoms with Crippen molar-refractivity contribution in [1.82, 2.24) is 15.3 Å². The van der Waals surface area contributed by atoms with Gasteiger partial charge in [0.15, 0.2) is 0 Å². The highest BCUT2D eigenvalue weighted by molar-refractivity contribution is 6.34. The third-order valence-corrected chi connectivity index (χ3v) is 5.32. The number of benzene rings is 2. The summed E-state index contributed by atoms with van der Waals surface area (Å²) in [7, 11) is 0. The number of carbonyl (C=O) groups is 2. The molecule has 0 atom stereocenters. The van der Waals surface area contributed by atoms with Crippen molar-refractivity contribution < 1.29 is 14.0 Å². The first kappa shape index (κ1) is 20.4. The largest absolute Gasteiger partial charge is 0.457 e. The molecule has 0 saturated carbocycles. The zero-order valence-corrected chi connectivity index (χ0v) is 17.8. The molecule has 5 rings (SSSR count). The van der Waals surface area contributed by atoms with Crippen LogP contribution in [0, 0.1) is 6.92 Å². The average molecular weight is 436 g/mol. The standard InChI is InChI=1S/C26H20N4O3/c1-16-13-28-19(14-27-16)15-29-25(31)18-8-6-17(7-9-18)24-11-10-20(33-24)12-22-21-4-2-3-5-23(21)30-26(22)32/h2-14H,15H2,1H3,(H,29,31)(H,30,32). The number of amides is 2. The number of furan rings is 1. The number of para-hydroxylation sites is 1. The maximum absolute atomic E-state index is 12.4. The Morgan fingerprint density at radius 3 is 2.64 bits per heavy atom. The number of aromatic nitrogens is 2. The highest BCUT2D eigenvalue weighted by Gasteiger charge is 2.23. The van der Waals surface area contributed by atoms with Gasteiger partial charge in [0.25, 0.3) is 11.8 Å². The van der Waals surface area contributed by atoms with E-state index in [1.54, 1.807) is 30.6 Å². The van der Waals surface area contributed by atoms with Crippen LogP contribution in [-0.2, 0) is 11.3 Å². The van der Waals surface area contributed by atoms with E-state index in [-0.39, 0.29) is 11.8 Å². The van der Waals surface area contributed by atoms with Gasteiger partial charge in [0.2, 0.25) is 0 Å². The molecule has 7 heteroatoms. The van der Waals surface area contributed by atoms with Crippen molar-refractivity contribution in [3.63, 3.8) is 0 Å². The Kier molecular flexibility index (Phi) is 5.28. The molecule has 2 N–H and O–H groups in total. The fourth-order valence-electron chi connectivity index (χ4n) is 3.58. The molecule has 0 aliphatic carbocycles. The van der Waals surface area contributed by atoms with E-state index in [0.29, 0.717) is 34.9 Å². The van der Waals surface area contributed by atoms with Gasteiger partial charge < -0.3 is 15.1 Å². The molecule has 0 bridgehead atoms. The lowest BCUT2D eigenvalue weighted by Crippen LogP contribution is -2.23. The van der Waals surface area contributed by atoms with Gasteiger partial charge >= 0.3 is 0 Å². The van der Waals surface area contributed by atoms with Crippen LogP contribution in [0.4, 0.5) is 5.69 Å². The first-order chi connectivity index (χ1) is 16.1. The van der Waals surface area contributed by atoms with Crippen LogP contribution in [0.15, 0.2) is 77.5 Å². The summed E-state index contributed by atoms with van der Waals surface area (Å²) in [4.78, 5) is 33.1.